The summed E-state index contributed by atoms with van der Waals surface area (Å²) in [7, 11) is 0. The van der Waals surface area contributed by atoms with Crippen LogP contribution in [0.25, 0.3) is 10.9 Å². The minimum Gasteiger partial charge on any atom is -0.479 e. The first kappa shape index (κ1) is 31.4. The number of guanidine groups is 1. The Bertz CT molecular complexity index is 1730. The van der Waals surface area contributed by atoms with Gasteiger partial charge in [0.25, 0.3) is 11.8 Å². The smallest absolute Gasteiger partial charge is 0.331 e. The van der Waals surface area contributed by atoms with Gasteiger partial charge in [0.1, 0.15) is 0 Å². The van der Waals surface area contributed by atoms with Crippen LogP contribution in [0.3, 0.4) is 0 Å². The first-order valence-corrected chi connectivity index (χ1v) is 14.6. The van der Waals surface area contributed by atoms with Crippen molar-refractivity contribution in [3.63, 3.8) is 0 Å². The molecule has 5 rings (SSSR count). The molecule has 0 spiro atoms. The van der Waals surface area contributed by atoms with E-state index in [9.17, 15) is 35.0 Å². The summed E-state index contributed by atoms with van der Waals surface area (Å²) in [5, 5.41) is 52.1. The van der Waals surface area contributed by atoms with E-state index in [4.69, 9.17) is 0 Å². The van der Waals surface area contributed by atoms with Crippen molar-refractivity contribution in [3.05, 3.63) is 63.8 Å². The van der Waals surface area contributed by atoms with Gasteiger partial charge in [0.15, 0.2) is 11.7 Å². The number of likely N-dealkylation sites (tertiary alicyclic amines) is 1. The third kappa shape index (κ3) is 6.31. The SMILES string of the molecule is Cc1cc2c(c(C)c1C(=O)NC(C)(CN=C(NC#N)N1CC[C@@H](O)[C@@H](O)C1)C(=O)O)CCN(C(=O)c1ccc3cn[nH]c3c1)C2. The number of rotatable bonds is 6. The van der Waals surface area contributed by atoms with Crippen LogP contribution < -0.4 is 10.6 Å². The predicted molar refractivity (Wildman–Crippen MR) is 163 cm³/mol. The van der Waals surface area contributed by atoms with E-state index in [1.807, 2.05) is 19.1 Å². The molecule has 2 aliphatic heterocycles. The van der Waals surface area contributed by atoms with Gasteiger partial charge in [0, 0.05) is 42.7 Å². The number of nitrogens with zero attached hydrogens (tertiary/aromatic N) is 5. The number of carboxylic acids is 1. The number of aliphatic hydroxyl groups is 2. The largest absolute Gasteiger partial charge is 0.479 e. The standard InChI is InChI=1S/C31H36N8O6/c1-17-10-21-13-38(28(43)19-4-5-20-12-35-37-23(20)11-19)8-6-22(21)18(2)26(17)27(42)36-31(3,29(44)45)15-33-30(34-16-32)39-9-7-24(40)25(41)14-39/h4-5,10-12,24-25,40-41H,6-9,13-15H2,1-3H3,(H,33,34)(H,35,37)(H,36,42)(H,44,45)/t24-,25+,31?/m1/s1. The molecule has 6 N–H and O–H groups in total. The second-order valence-corrected chi connectivity index (χ2v) is 11.8. The van der Waals surface area contributed by atoms with Crippen molar-refractivity contribution in [1.82, 2.24) is 30.6 Å². The fourth-order valence-corrected chi connectivity index (χ4v) is 5.99. The number of nitriles is 1. The van der Waals surface area contributed by atoms with Gasteiger partial charge in [-0.3, -0.25) is 20.0 Å². The highest BCUT2D eigenvalue weighted by molar-refractivity contribution is 6.01. The van der Waals surface area contributed by atoms with Gasteiger partial charge < -0.3 is 30.4 Å². The Balaban J connectivity index is 1.34. The van der Waals surface area contributed by atoms with Crippen LogP contribution in [-0.2, 0) is 17.8 Å². The van der Waals surface area contributed by atoms with Gasteiger partial charge in [-0.15, -0.1) is 0 Å². The number of carboxylic acid groups (broad SMARTS) is 1. The molecule has 1 fully saturated rings. The molecule has 0 saturated carbocycles. The van der Waals surface area contributed by atoms with Crippen molar-refractivity contribution in [2.75, 3.05) is 26.2 Å². The Morgan fingerprint density at radius 3 is 2.67 bits per heavy atom. The van der Waals surface area contributed by atoms with Gasteiger partial charge in [-0.2, -0.15) is 10.4 Å². The number of aromatic amines is 1. The lowest BCUT2D eigenvalue weighted by molar-refractivity contribution is -0.143. The van der Waals surface area contributed by atoms with Crippen molar-refractivity contribution in [2.45, 2.75) is 57.9 Å². The van der Waals surface area contributed by atoms with E-state index in [2.05, 4.69) is 25.8 Å². The number of hydrogen-bond donors (Lipinski definition) is 6. The number of benzene rings is 2. The fourth-order valence-electron chi connectivity index (χ4n) is 5.99. The maximum atomic E-state index is 13.7. The third-order valence-corrected chi connectivity index (χ3v) is 8.62. The molecular weight excluding hydrogens is 580 g/mol. The molecule has 0 bridgehead atoms. The molecule has 1 saturated heterocycles. The second-order valence-electron chi connectivity index (χ2n) is 11.8. The van der Waals surface area contributed by atoms with Crippen molar-refractivity contribution >= 4 is 34.6 Å². The van der Waals surface area contributed by atoms with Crippen molar-refractivity contribution in [1.29, 1.82) is 5.26 Å². The molecular formula is C31H36N8O6. The van der Waals surface area contributed by atoms with Gasteiger partial charge in [-0.1, -0.05) is 12.1 Å². The van der Waals surface area contributed by atoms with Crippen LogP contribution in [0.1, 0.15) is 56.3 Å². The van der Waals surface area contributed by atoms with Gasteiger partial charge >= 0.3 is 5.97 Å². The second kappa shape index (κ2) is 12.5. The zero-order valence-corrected chi connectivity index (χ0v) is 25.3. The summed E-state index contributed by atoms with van der Waals surface area (Å²) in [5.41, 5.74) is 3.09. The Kier molecular flexibility index (Phi) is 8.76. The lowest BCUT2D eigenvalue weighted by Gasteiger charge is -2.35. The minimum atomic E-state index is -1.83. The van der Waals surface area contributed by atoms with Gasteiger partial charge in [-0.05, 0) is 68.0 Å². The summed E-state index contributed by atoms with van der Waals surface area (Å²) in [6.07, 6.45) is 2.27. The van der Waals surface area contributed by atoms with E-state index in [-0.39, 0.29) is 31.4 Å². The molecule has 14 nitrogen and oxygen atoms in total. The van der Waals surface area contributed by atoms with Crippen LogP contribution in [0, 0.1) is 25.3 Å². The molecule has 2 aromatic carbocycles. The topological polar surface area (TPSA) is 207 Å². The number of aromatic nitrogens is 2. The highest BCUT2D eigenvalue weighted by Gasteiger charge is 2.37. The van der Waals surface area contributed by atoms with Crippen molar-refractivity contribution in [3.8, 4) is 6.19 Å². The average molecular weight is 617 g/mol. The molecule has 236 valence electrons. The number of β-amino-alcohol motifs (C(OH)–C–C–N with tert-alkyl or cyclic N) is 1. The van der Waals surface area contributed by atoms with Crippen LogP contribution in [0.5, 0.6) is 0 Å². The number of carbonyl (C=O) groups excluding carboxylic acids is 2. The molecule has 3 aromatic rings. The summed E-state index contributed by atoms with van der Waals surface area (Å²) in [5.74, 6) is -1.96. The summed E-state index contributed by atoms with van der Waals surface area (Å²) in [6.45, 7) is 5.65. The number of carbonyl (C=O) groups is 3. The number of aryl methyl sites for hydroxylation is 1. The molecule has 2 aliphatic rings. The Labute approximate surface area is 259 Å². The van der Waals surface area contributed by atoms with E-state index >= 15 is 0 Å². The van der Waals surface area contributed by atoms with E-state index in [0.29, 0.717) is 36.2 Å². The minimum absolute atomic E-state index is 0.000843. The first-order chi connectivity index (χ1) is 21.4. The number of fused-ring (bicyclic) bond motifs is 2. The lowest BCUT2D eigenvalue weighted by Crippen LogP contribution is -2.56. The number of piperidine rings is 1. The molecule has 0 aliphatic carbocycles. The van der Waals surface area contributed by atoms with Crippen LogP contribution in [0.2, 0.25) is 0 Å². The van der Waals surface area contributed by atoms with Crippen LogP contribution >= 0.6 is 0 Å². The fraction of sp³-hybridized carbons (Fsp3) is 0.419. The maximum Gasteiger partial charge on any atom is 0.331 e. The van der Waals surface area contributed by atoms with Crippen LogP contribution in [0.15, 0.2) is 35.5 Å². The number of amides is 2. The number of aliphatic imine (C=N–C) groups is 1. The average Bonchev–Trinajstić information content (AvgIpc) is 3.48. The number of nitrogens with one attached hydrogen (secondary N) is 3. The first-order valence-electron chi connectivity index (χ1n) is 14.6. The number of H-pyrrole nitrogens is 1. The molecule has 0 radical (unpaired) electrons. The maximum absolute atomic E-state index is 13.7. The molecule has 14 heteroatoms. The summed E-state index contributed by atoms with van der Waals surface area (Å²) >= 11 is 0. The molecule has 45 heavy (non-hydrogen) atoms. The van der Waals surface area contributed by atoms with Gasteiger partial charge in [0.05, 0.1) is 30.5 Å². The Morgan fingerprint density at radius 1 is 1.18 bits per heavy atom. The van der Waals surface area contributed by atoms with E-state index in [1.165, 1.54) is 6.92 Å². The molecule has 1 aromatic heterocycles. The molecule has 1 unspecified atom stereocenters. The predicted octanol–water partition coefficient (Wildman–Crippen LogP) is 0.806. The van der Waals surface area contributed by atoms with E-state index in [0.717, 1.165) is 27.6 Å². The van der Waals surface area contributed by atoms with Gasteiger partial charge in [-0.25, -0.2) is 9.79 Å². The molecule has 3 atom stereocenters. The monoisotopic (exact) mass is 616 g/mol. The lowest BCUT2D eigenvalue weighted by atomic mass is 9.87. The molecule has 3 heterocycles. The van der Waals surface area contributed by atoms with Crippen molar-refractivity contribution < 1.29 is 29.7 Å². The normalized spacial score (nSPS) is 19.8. The van der Waals surface area contributed by atoms with Crippen molar-refractivity contribution in [2.24, 2.45) is 4.99 Å². The van der Waals surface area contributed by atoms with Crippen LogP contribution in [-0.4, -0.2) is 103 Å². The van der Waals surface area contributed by atoms with Gasteiger partial charge in [0.2, 0.25) is 5.96 Å². The molecule has 2 amide bonds. The van der Waals surface area contributed by atoms with E-state index < -0.39 is 36.2 Å². The number of hydrogen-bond acceptors (Lipinski definition) is 8. The zero-order valence-electron chi connectivity index (χ0n) is 25.3. The number of aliphatic carboxylic acids is 1. The highest BCUT2D eigenvalue weighted by atomic mass is 16.4. The highest BCUT2D eigenvalue weighted by Crippen LogP contribution is 2.29. The summed E-state index contributed by atoms with van der Waals surface area (Å²) in [4.78, 5) is 47.0. The Hall–Kier alpha value is -5.00. The van der Waals surface area contributed by atoms with E-state index in [1.54, 1.807) is 41.2 Å². The summed E-state index contributed by atoms with van der Waals surface area (Å²) < 4.78 is 0. The Morgan fingerprint density at radius 2 is 1.96 bits per heavy atom. The summed E-state index contributed by atoms with van der Waals surface area (Å²) in [6, 6.07) is 7.29. The van der Waals surface area contributed by atoms with Crippen LogP contribution in [0.4, 0.5) is 0 Å². The third-order valence-electron chi connectivity index (χ3n) is 8.62. The quantitative estimate of drug-likeness (QED) is 0.0994. The zero-order chi connectivity index (χ0) is 32.5. The number of aliphatic hydroxyl groups excluding tert-OH is 2.